The summed E-state index contributed by atoms with van der Waals surface area (Å²) in [6.07, 6.45) is 8.36. The van der Waals surface area contributed by atoms with Crippen LogP contribution in [0.15, 0.2) is 31.0 Å². The number of hydrogen-bond donors (Lipinski definition) is 2. The van der Waals surface area contributed by atoms with E-state index in [-0.39, 0.29) is 11.3 Å². The van der Waals surface area contributed by atoms with Crippen LogP contribution in [-0.2, 0) is 4.79 Å². The van der Waals surface area contributed by atoms with E-state index < -0.39 is 0 Å². The van der Waals surface area contributed by atoms with Crippen molar-refractivity contribution in [3.63, 3.8) is 0 Å². The zero-order valence-electron chi connectivity index (χ0n) is 11.7. The number of nitrogens with two attached hydrogens (primary N) is 1. The highest BCUT2D eigenvalue weighted by atomic mass is 16.1. The quantitative estimate of drug-likeness (QED) is 0.858. The molecule has 7 heteroatoms. The second-order valence-electron chi connectivity index (χ2n) is 5.53. The van der Waals surface area contributed by atoms with Gasteiger partial charge >= 0.3 is 0 Å². The van der Waals surface area contributed by atoms with Crippen LogP contribution in [0.1, 0.15) is 25.7 Å². The molecule has 3 rings (SSSR count). The van der Waals surface area contributed by atoms with Gasteiger partial charge in [-0.15, -0.1) is 0 Å². The molecule has 0 aromatic carbocycles. The molecular weight excluding hydrogens is 268 g/mol. The molecule has 3 N–H and O–H groups in total. The SMILES string of the molecule is NCC1(CC(=O)Nc2ccc(-n3cncn3)nc2)CCC1. The molecule has 7 nitrogen and oxygen atoms in total. The number of carbonyl (C=O) groups is 1. The van der Waals surface area contributed by atoms with E-state index in [9.17, 15) is 4.79 Å². The van der Waals surface area contributed by atoms with Gasteiger partial charge in [0.15, 0.2) is 5.82 Å². The van der Waals surface area contributed by atoms with Crippen LogP contribution in [0.5, 0.6) is 0 Å². The number of rotatable bonds is 5. The highest BCUT2D eigenvalue weighted by Gasteiger charge is 2.37. The van der Waals surface area contributed by atoms with Crippen LogP contribution in [0.4, 0.5) is 5.69 Å². The average molecular weight is 286 g/mol. The topological polar surface area (TPSA) is 98.7 Å². The molecule has 0 atom stereocenters. The third-order valence-electron chi connectivity index (χ3n) is 4.07. The predicted octanol–water partition coefficient (Wildman–Crippen LogP) is 1.12. The van der Waals surface area contributed by atoms with Crippen LogP contribution < -0.4 is 11.1 Å². The van der Waals surface area contributed by atoms with Gasteiger partial charge in [0.25, 0.3) is 0 Å². The summed E-state index contributed by atoms with van der Waals surface area (Å²) in [6, 6.07) is 3.59. The van der Waals surface area contributed by atoms with Gasteiger partial charge in [0.1, 0.15) is 12.7 Å². The van der Waals surface area contributed by atoms with Crippen molar-refractivity contribution in [3.8, 4) is 5.82 Å². The third kappa shape index (κ3) is 2.92. The summed E-state index contributed by atoms with van der Waals surface area (Å²) in [4.78, 5) is 20.2. The van der Waals surface area contributed by atoms with Crippen molar-refractivity contribution < 1.29 is 4.79 Å². The Labute approximate surface area is 122 Å². The van der Waals surface area contributed by atoms with Crippen LogP contribution in [0.2, 0.25) is 0 Å². The number of nitrogens with zero attached hydrogens (tertiary/aromatic N) is 4. The Balaban J connectivity index is 1.61. The standard InChI is InChI=1S/C14H18N6O/c15-8-14(4-1-5-14)6-13(21)19-11-2-3-12(17-7-11)20-10-16-9-18-20/h2-3,7,9-10H,1,4-6,8,15H2,(H,19,21). The maximum atomic E-state index is 12.1. The van der Waals surface area contributed by atoms with Gasteiger partial charge in [0.05, 0.1) is 11.9 Å². The first-order chi connectivity index (χ1) is 10.2. The minimum absolute atomic E-state index is 0.00421. The summed E-state index contributed by atoms with van der Waals surface area (Å²) in [7, 11) is 0. The predicted molar refractivity (Wildman–Crippen MR) is 77.7 cm³/mol. The zero-order valence-corrected chi connectivity index (χ0v) is 11.7. The van der Waals surface area contributed by atoms with Gasteiger partial charge in [-0.1, -0.05) is 6.42 Å². The fourth-order valence-corrected chi connectivity index (χ4v) is 2.60. The highest BCUT2D eigenvalue weighted by Crippen LogP contribution is 2.43. The number of pyridine rings is 1. The molecule has 0 radical (unpaired) electrons. The Kier molecular flexibility index (Phi) is 3.66. The lowest BCUT2D eigenvalue weighted by atomic mass is 9.66. The Morgan fingerprint density at radius 2 is 2.29 bits per heavy atom. The van der Waals surface area contributed by atoms with Gasteiger partial charge < -0.3 is 11.1 Å². The first-order valence-corrected chi connectivity index (χ1v) is 7.02. The van der Waals surface area contributed by atoms with E-state index >= 15 is 0 Å². The van der Waals surface area contributed by atoms with E-state index in [1.807, 2.05) is 0 Å². The Bertz CT molecular complexity index is 597. The van der Waals surface area contributed by atoms with Crippen LogP contribution in [0, 0.1) is 5.41 Å². The number of anilines is 1. The maximum absolute atomic E-state index is 12.1. The van der Waals surface area contributed by atoms with Gasteiger partial charge in [-0.3, -0.25) is 4.79 Å². The minimum Gasteiger partial charge on any atom is -0.330 e. The fraction of sp³-hybridized carbons (Fsp3) is 0.429. The molecule has 2 aromatic rings. The van der Waals surface area contributed by atoms with Crippen LogP contribution in [0.25, 0.3) is 5.82 Å². The molecule has 1 fully saturated rings. The lowest BCUT2D eigenvalue weighted by Gasteiger charge is -2.40. The Morgan fingerprint density at radius 3 is 2.81 bits per heavy atom. The highest BCUT2D eigenvalue weighted by molar-refractivity contribution is 5.91. The van der Waals surface area contributed by atoms with E-state index in [0.717, 1.165) is 12.8 Å². The fourth-order valence-electron chi connectivity index (χ4n) is 2.60. The lowest BCUT2D eigenvalue weighted by molar-refractivity contribution is -0.119. The van der Waals surface area contributed by atoms with Crippen LogP contribution >= 0.6 is 0 Å². The van der Waals surface area contributed by atoms with Crippen molar-refractivity contribution in [2.45, 2.75) is 25.7 Å². The second kappa shape index (κ2) is 5.61. The number of hydrogen-bond acceptors (Lipinski definition) is 5. The largest absolute Gasteiger partial charge is 0.330 e. The molecule has 21 heavy (non-hydrogen) atoms. The maximum Gasteiger partial charge on any atom is 0.225 e. The smallest absolute Gasteiger partial charge is 0.225 e. The molecule has 2 aromatic heterocycles. The van der Waals surface area contributed by atoms with Crippen molar-refractivity contribution in [2.75, 3.05) is 11.9 Å². The molecule has 0 bridgehead atoms. The van der Waals surface area contributed by atoms with Crippen molar-refractivity contribution in [2.24, 2.45) is 11.1 Å². The molecule has 0 spiro atoms. The monoisotopic (exact) mass is 286 g/mol. The average Bonchev–Trinajstić information content (AvgIpc) is 2.98. The molecule has 110 valence electrons. The zero-order chi connectivity index (χ0) is 14.7. The lowest BCUT2D eigenvalue weighted by Crippen LogP contribution is -2.40. The molecule has 1 aliphatic rings. The molecule has 0 aliphatic heterocycles. The Hall–Kier alpha value is -2.28. The van der Waals surface area contributed by atoms with Crippen molar-refractivity contribution in [3.05, 3.63) is 31.0 Å². The first-order valence-electron chi connectivity index (χ1n) is 7.02. The van der Waals surface area contributed by atoms with Crippen LogP contribution in [0.3, 0.4) is 0 Å². The van der Waals surface area contributed by atoms with Gasteiger partial charge in [0.2, 0.25) is 5.91 Å². The molecule has 1 aliphatic carbocycles. The summed E-state index contributed by atoms with van der Waals surface area (Å²) < 4.78 is 1.56. The van der Waals surface area contributed by atoms with Crippen molar-refractivity contribution in [1.29, 1.82) is 0 Å². The van der Waals surface area contributed by atoms with E-state index in [1.54, 1.807) is 29.3 Å². The molecular formula is C14H18N6O. The number of aromatic nitrogens is 4. The molecule has 1 amide bonds. The van der Waals surface area contributed by atoms with Crippen molar-refractivity contribution >= 4 is 11.6 Å². The molecule has 2 heterocycles. The number of amides is 1. The van der Waals surface area contributed by atoms with E-state index in [4.69, 9.17) is 5.73 Å². The summed E-state index contributed by atoms with van der Waals surface area (Å²) in [6.45, 7) is 0.573. The minimum atomic E-state index is -0.00421. The summed E-state index contributed by atoms with van der Waals surface area (Å²) in [5.41, 5.74) is 6.46. The molecule has 0 saturated heterocycles. The number of nitrogens with one attached hydrogen (secondary N) is 1. The molecule has 0 unspecified atom stereocenters. The van der Waals surface area contributed by atoms with E-state index in [1.165, 1.54) is 12.7 Å². The van der Waals surface area contributed by atoms with E-state index in [2.05, 4.69) is 20.4 Å². The van der Waals surface area contributed by atoms with E-state index in [0.29, 0.717) is 24.5 Å². The Morgan fingerprint density at radius 1 is 1.43 bits per heavy atom. The summed E-state index contributed by atoms with van der Waals surface area (Å²) >= 11 is 0. The van der Waals surface area contributed by atoms with Crippen LogP contribution in [-0.4, -0.2) is 32.2 Å². The normalized spacial score (nSPS) is 16.2. The summed E-state index contributed by atoms with van der Waals surface area (Å²) in [5, 5.41) is 6.87. The second-order valence-corrected chi connectivity index (χ2v) is 5.53. The van der Waals surface area contributed by atoms with Gasteiger partial charge in [-0.2, -0.15) is 5.10 Å². The van der Waals surface area contributed by atoms with Gasteiger partial charge in [-0.25, -0.2) is 14.6 Å². The molecule has 1 saturated carbocycles. The van der Waals surface area contributed by atoms with Gasteiger partial charge in [-0.05, 0) is 36.9 Å². The number of carbonyl (C=O) groups excluding carboxylic acids is 1. The van der Waals surface area contributed by atoms with Crippen molar-refractivity contribution in [1.82, 2.24) is 19.7 Å². The summed E-state index contributed by atoms with van der Waals surface area (Å²) in [5.74, 6) is 0.651. The first kappa shape index (κ1) is 13.7. The van der Waals surface area contributed by atoms with Gasteiger partial charge in [0, 0.05) is 6.42 Å². The third-order valence-corrected chi connectivity index (χ3v) is 4.07.